The Kier molecular flexibility index (Phi) is 4.37. The molecule has 1 fully saturated rings. The molecule has 2 N–H and O–H groups in total. The van der Waals surface area contributed by atoms with E-state index in [0.717, 1.165) is 17.8 Å². The molecule has 0 aliphatic carbocycles. The number of carbonyl (C=O) groups is 2. The van der Waals surface area contributed by atoms with E-state index in [1.54, 1.807) is 29.4 Å². The third kappa shape index (κ3) is 2.87. The van der Waals surface area contributed by atoms with Gasteiger partial charge in [0.05, 0.1) is 17.6 Å². The number of aromatic amines is 1. The average Bonchev–Trinajstić information content (AvgIpc) is 3.18. The minimum Gasteiger partial charge on any atom is -0.508 e. The fourth-order valence-corrected chi connectivity index (χ4v) is 4.44. The number of phenolic OH excluding ortho intramolecular Hbond substituents is 1. The van der Waals surface area contributed by atoms with Crippen LogP contribution in [0.3, 0.4) is 0 Å². The summed E-state index contributed by atoms with van der Waals surface area (Å²) in [5.74, 6) is 0.131. The number of piperidine rings is 1. The van der Waals surface area contributed by atoms with Gasteiger partial charge in [-0.15, -0.1) is 0 Å². The summed E-state index contributed by atoms with van der Waals surface area (Å²) < 4.78 is 0. The molecule has 0 unspecified atom stereocenters. The zero-order chi connectivity index (χ0) is 19.0. The van der Waals surface area contributed by atoms with Crippen LogP contribution in [0.2, 0.25) is 0 Å². The molecule has 1 spiro atoms. The molecule has 27 heavy (non-hydrogen) atoms. The van der Waals surface area contributed by atoms with Crippen molar-refractivity contribution in [1.29, 1.82) is 0 Å². The number of aromatic nitrogens is 2. The van der Waals surface area contributed by atoms with Crippen molar-refractivity contribution < 1.29 is 14.7 Å². The second-order valence-corrected chi connectivity index (χ2v) is 7.25. The molecule has 142 valence electrons. The van der Waals surface area contributed by atoms with Gasteiger partial charge in [0.1, 0.15) is 5.75 Å². The topological polar surface area (TPSA) is 89.5 Å². The van der Waals surface area contributed by atoms with Crippen molar-refractivity contribution in [3.05, 3.63) is 47.5 Å². The van der Waals surface area contributed by atoms with Crippen LogP contribution in [-0.4, -0.2) is 56.3 Å². The van der Waals surface area contributed by atoms with E-state index < -0.39 is 5.54 Å². The Hall–Kier alpha value is -2.83. The number of phenols is 1. The highest BCUT2D eigenvalue weighted by atomic mass is 16.3. The summed E-state index contributed by atoms with van der Waals surface area (Å²) in [7, 11) is 0. The van der Waals surface area contributed by atoms with Crippen LogP contribution in [0.1, 0.15) is 47.9 Å². The van der Waals surface area contributed by atoms with Crippen LogP contribution in [-0.2, 0) is 16.8 Å². The quantitative estimate of drug-likeness (QED) is 0.849. The molecular weight excluding hydrogens is 344 g/mol. The van der Waals surface area contributed by atoms with E-state index in [9.17, 15) is 14.7 Å². The lowest BCUT2D eigenvalue weighted by molar-refractivity contribution is -0.141. The molecule has 3 heterocycles. The van der Waals surface area contributed by atoms with E-state index in [0.29, 0.717) is 44.5 Å². The third-order valence-electron chi connectivity index (χ3n) is 5.84. The molecule has 1 saturated heterocycles. The van der Waals surface area contributed by atoms with Gasteiger partial charge < -0.3 is 19.9 Å². The number of imidazole rings is 1. The van der Waals surface area contributed by atoms with Crippen LogP contribution in [0.4, 0.5) is 0 Å². The summed E-state index contributed by atoms with van der Waals surface area (Å²) in [6.07, 6.45) is 4.29. The van der Waals surface area contributed by atoms with E-state index in [4.69, 9.17) is 0 Å². The van der Waals surface area contributed by atoms with E-state index in [2.05, 4.69) is 9.97 Å². The smallest absolute Gasteiger partial charge is 0.253 e. The van der Waals surface area contributed by atoms with E-state index in [1.807, 2.05) is 11.8 Å². The standard InChI is InChI=1S/C20H24N4O3/c1-2-17(26)24-9-6-16-18(22-13-21-16)20(24)7-10-23(11-8-20)19(27)14-4-3-5-15(25)12-14/h3-5,12-13,25H,2,6-11H2,1H3,(H,21,22). The molecule has 7 heteroatoms. The monoisotopic (exact) mass is 368 g/mol. The zero-order valence-electron chi connectivity index (χ0n) is 15.4. The van der Waals surface area contributed by atoms with Gasteiger partial charge in [-0.05, 0) is 31.0 Å². The lowest BCUT2D eigenvalue weighted by Gasteiger charge is -2.50. The van der Waals surface area contributed by atoms with Crippen molar-refractivity contribution in [2.45, 2.75) is 38.1 Å². The molecule has 2 aliphatic heterocycles. The van der Waals surface area contributed by atoms with Gasteiger partial charge in [0.15, 0.2) is 0 Å². The number of hydrogen-bond donors (Lipinski definition) is 2. The predicted octanol–water partition coefficient (Wildman–Crippen LogP) is 2.04. The Morgan fingerprint density at radius 1 is 1.26 bits per heavy atom. The first-order chi connectivity index (χ1) is 13.0. The summed E-state index contributed by atoms with van der Waals surface area (Å²) in [5, 5.41) is 9.64. The molecule has 2 amide bonds. The number of carbonyl (C=O) groups excluding carboxylic acids is 2. The summed E-state index contributed by atoms with van der Waals surface area (Å²) in [6.45, 7) is 3.67. The fraction of sp³-hybridized carbons (Fsp3) is 0.450. The van der Waals surface area contributed by atoms with Crippen molar-refractivity contribution in [3.63, 3.8) is 0 Å². The van der Waals surface area contributed by atoms with Gasteiger partial charge in [-0.25, -0.2) is 4.98 Å². The number of likely N-dealkylation sites (tertiary alicyclic amines) is 1. The molecule has 0 atom stereocenters. The van der Waals surface area contributed by atoms with E-state index >= 15 is 0 Å². The van der Waals surface area contributed by atoms with E-state index in [-0.39, 0.29) is 17.6 Å². The Morgan fingerprint density at radius 2 is 2.04 bits per heavy atom. The maximum atomic E-state index is 12.8. The van der Waals surface area contributed by atoms with Crippen LogP contribution < -0.4 is 0 Å². The second kappa shape index (κ2) is 6.72. The highest BCUT2D eigenvalue weighted by molar-refractivity contribution is 5.94. The van der Waals surface area contributed by atoms with Crippen LogP contribution in [0, 0.1) is 0 Å². The minimum absolute atomic E-state index is 0.0856. The first-order valence-electron chi connectivity index (χ1n) is 9.46. The Balaban J connectivity index is 1.59. The lowest BCUT2D eigenvalue weighted by Crippen LogP contribution is -2.58. The normalized spacial score (nSPS) is 18.4. The Bertz CT molecular complexity index is 868. The van der Waals surface area contributed by atoms with Crippen molar-refractivity contribution in [1.82, 2.24) is 19.8 Å². The number of amides is 2. The van der Waals surface area contributed by atoms with Crippen LogP contribution in [0.25, 0.3) is 0 Å². The number of H-pyrrole nitrogens is 1. The Labute approximate surface area is 158 Å². The van der Waals surface area contributed by atoms with Crippen molar-refractivity contribution in [2.75, 3.05) is 19.6 Å². The third-order valence-corrected chi connectivity index (χ3v) is 5.84. The molecule has 1 aromatic carbocycles. The highest BCUT2D eigenvalue weighted by Crippen LogP contribution is 2.42. The average molecular weight is 368 g/mol. The summed E-state index contributed by atoms with van der Waals surface area (Å²) in [4.78, 5) is 37.0. The van der Waals surface area contributed by atoms with Crippen LogP contribution >= 0.6 is 0 Å². The van der Waals surface area contributed by atoms with Crippen molar-refractivity contribution >= 4 is 11.8 Å². The number of nitrogens with one attached hydrogen (secondary N) is 1. The van der Waals surface area contributed by atoms with Crippen molar-refractivity contribution in [3.8, 4) is 5.75 Å². The maximum absolute atomic E-state index is 12.8. The minimum atomic E-state index is -0.434. The number of hydrogen-bond acceptors (Lipinski definition) is 4. The molecule has 7 nitrogen and oxygen atoms in total. The molecule has 0 radical (unpaired) electrons. The summed E-state index contributed by atoms with van der Waals surface area (Å²) >= 11 is 0. The number of nitrogens with zero attached hydrogens (tertiary/aromatic N) is 3. The maximum Gasteiger partial charge on any atom is 0.253 e. The van der Waals surface area contributed by atoms with Gasteiger partial charge in [0.2, 0.25) is 5.91 Å². The first kappa shape index (κ1) is 17.6. The molecular formula is C20H24N4O3. The molecule has 0 bridgehead atoms. The summed E-state index contributed by atoms with van der Waals surface area (Å²) in [6, 6.07) is 6.43. The van der Waals surface area contributed by atoms with Gasteiger partial charge in [-0.3, -0.25) is 9.59 Å². The van der Waals surface area contributed by atoms with Gasteiger partial charge >= 0.3 is 0 Å². The number of rotatable bonds is 2. The first-order valence-corrected chi connectivity index (χ1v) is 9.46. The lowest BCUT2D eigenvalue weighted by atomic mass is 9.78. The predicted molar refractivity (Wildman–Crippen MR) is 99.2 cm³/mol. The number of aromatic hydroxyl groups is 1. The molecule has 0 saturated carbocycles. The van der Waals surface area contributed by atoms with Crippen LogP contribution in [0.5, 0.6) is 5.75 Å². The van der Waals surface area contributed by atoms with E-state index in [1.165, 1.54) is 6.07 Å². The fourth-order valence-electron chi connectivity index (χ4n) is 4.44. The molecule has 1 aromatic heterocycles. The molecule has 2 aromatic rings. The SMILES string of the molecule is CCC(=O)N1CCc2[nH]cnc2C12CCN(C(=O)c1cccc(O)c1)CC2. The van der Waals surface area contributed by atoms with Gasteiger partial charge in [-0.2, -0.15) is 0 Å². The molecule has 2 aliphatic rings. The highest BCUT2D eigenvalue weighted by Gasteiger charge is 2.48. The van der Waals surface area contributed by atoms with Gasteiger partial charge in [0.25, 0.3) is 5.91 Å². The Morgan fingerprint density at radius 3 is 2.74 bits per heavy atom. The zero-order valence-corrected chi connectivity index (χ0v) is 15.4. The van der Waals surface area contributed by atoms with Gasteiger partial charge in [0, 0.05) is 43.7 Å². The summed E-state index contributed by atoms with van der Waals surface area (Å²) in [5.41, 5.74) is 2.11. The van der Waals surface area contributed by atoms with Crippen LogP contribution in [0.15, 0.2) is 30.6 Å². The van der Waals surface area contributed by atoms with Gasteiger partial charge in [-0.1, -0.05) is 13.0 Å². The number of fused-ring (bicyclic) bond motifs is 2. The second-order valence-electron chi connectivity index (χ2n) is 7.25. The van der Waals surface area contributed by atoms with Crippen molar-refractivity contribution in [2.24, 2.45) is 0 Å². The molecule has 4 rings (SSSR count). The number of benzene rings is 1. The largest absolute Gasteiger partial charge is 0.508 e.